The van der Waals surface area contributed by atoms with E-state index < -0.39 is 30.2 Å². The maximum absolute atomic E-state index is 11.5. The molecule has 0 bridgehead atoms. The van der Waals surface area contributed by atoms with Crippen molar-refractivity contribution in [2.24, 2.45) is 5.73 Å². The molecule has 0 aromatic heterocycles. The van der Waals surface area contributed by atoms with Gasteiger partial charge in [0.05, 0.1) is 13.0 Å². The summed E-state index contributed by atoms with van der Waals surface area (Å²) in [6.45, 7) is 0.0627. The first kappa shape index (κ1) is 14.4. The van der Waals surface area contributed by atoms with Crippen molar-refractivity contribution >= 4 is 17.8 Å². The summed E-state index contributed by atoms with van der Waals surface area (Å²) in [4.78, 5) is 32.9. The minimum atomic E-state index is -1.26. The second-order valence-electron chi connectivity index (χ2n) is 4.49. The zero-order chi connectivity index (χ0) is 13.5. The van der Waals surface area contributed by atoms with Gasteiger partial charge in [-0.05, 0) is 12.8 Å². The predicted octanol–water partition coefficient (Wildman–Crippen LogP) is -1.04. The molecule has 7 nitrogen and oxygen atoms in total. The summed E-state index contributed by atoms with van der Waals surface area (Å²) in [5, 5.41) is 14.1. The Kier molecular flexibility index (Phi) is 5.57. The van der Waals surface area contributed by atoms with E-state index >= 15 is 0 Å². The van der Waals surface area contributed by atoms with Gasteiger partial charge < -0.3 is 21.5 Å². The molecule has 7 heteroatoms. The van der Waals surface area contributed by atoms with Crippen LogP contribution in [0.2, 0.25) is 0 Å². The van der Waals surface area contributed by atoms with Crippen molar-refractivity contribution in [3.05, 3.63) is 0 Å². The van der Waals surface area contributed by atoms with Crippen LogP contribution in [-0.2, 0) is 14.4 Å². The number of amides is 2. The molecule has 2 amide bonds. The van der Waals surface area contributed by atoms with Gasteiger partial charge in [-0.2, -0.15) is 0 Å². The number of carboxylic acid groups (broad SMARTS) is 1. The largest absolute Gasteiger partial charge is 0.480 e. The smallest absolute Gasteiger partial charge is 0.326 e. The normalized spacial score (nSPS) is 17.3. The molecule has 0 spiro atoms. The van der Waals surface area contributed by atoms with Gasteiger partial charge in [-0.1, -0.05) is 12.8 Å². The summed E-state index contributed by atoms with van der Waals surface area (Å²) in [6.07, 6.45) is 3.98. The Bertz CT molecular complexity index is 326. The second kappa shape index (κ2) is 6.95. The van der Waals surface area contributed by atoms with E-state index in [1.54, 1.807) is 0 Å². The van der Waals surface area contributed by atoms with Crippen molar-refractivity contribution in [2.45, 2.75) is 44.2 Å². The number of carbonyl (C=O) groups is 3. The fraction of sp³-hybridized carbons (Fsp3) is 0.727. The minimum Gasteiger partial charge on any atom is -0.480 e. The van der Waals surface area contributed by atoms with Crippen LogP contribution in [0.5, 0.6) is 0 Å². The van der Waals surface area contributed by atoms with Gasteiger partial charge in [0.15, 0.2) is 0 Å². The SMILES string of the molecule is NC(=O)C[C@@H](NC(=O)CNC1CCCC1)C(=O)O. The summed E-state index contributed by atoms with van der Waals surface area (Å²) >= 11 is 0. The van der Waals surface area contributed by atoms with Gasteiger partial charge in [-0.3, -0.25) is 9.59 Å². The van der Waals surface area contributed by atoms with E-state index in [1.165, 1.54) is 0 Å². The fourth-order valence-electron chi connectivity index (χ4n) is 2.01. The van der Waals surface area contributed by atoms with E-state index in [0.29, 0.717) is 6.04 Å². The Morgan fingerprint density at radius 1 is 1.28 bits per heavy atom. The number of aliphatic carboxylic acids is 1. The Labute approximate surface area is 105 Å². The molecular weight excluding hydrogens is 238 g/mol. The zero-order valence-electron chi connectivity index (χ0n) is 10.1. The Morgan fingerprint density at radius 2 is 1.89 bits per heavy atom. The van der Waals surface area contributed by atoms with Crippen LogP contribution in [0.1, 0.15) is 32.1 Å². The number of hydrogen-bond donors (Lipinski definition) is 4. The van der Waals surface area contributed by atoms with Crippen molar-refractivity contribution in [1.29, 1.82) is 0 Å². The molecule has 1 aliphatic rings. The molecular formula is C11H19N3O4. The first-order valence-corrected chi connectivity index (χ1v) is 6.03. The molecule has 0 aliphatic heterocycles. The molecule has 102 valence electrons. The highest BCUT2D eigenvalue weighted by Gasteiger charge is 2.22. The van der Waals surface area contributed by atoms with Crippen molar-refractivity contribution < 1.29 is 19.5 Å². The average molecular weight is 257 g/mol. The summed E-state index contributed by atoms with van der Waals surface area (Å²) < 4.78 is 0. The summed E-state index contributed by atoms with van der Waals surface area (Å²) in [5.41, 5.74) is 4.91. The average Bonchev–Trinajstić information content (AvgIpc) is 2.77. The Balaban J connectivity index is 2.31. The number of hydrogen-bond acceptors (Lipinski definition) is 4. The summed E-state index contributed by atoms with van der Waals surface area (Å²) in [6, 6.07) is -0.921. The van der Waals surface area contributed by atoms with E-state index in [1.807, 2.05) is 0 Å². The van der Waals surface area contributed by atoms with Crippen LogP contribution in [0.25, 0.3) is 0 Å². The molecule has 1 aliphatic carbocycles. The molecule has 0 radical (unpaired) electrons. The lowest BCUT2D eigenvalue weighted by Crippen LogP contribution is -2.47. The van der Waals surface area contributed by atoms with E-state index in [9.17, 15) is 14.4 Å². The molecule has 0 heterocycles. The molecule has 0 unspecified atom stereocenters. The summed E-state index contributed by atoms with van der Waals surface area (Å²) in [5.74, 6) is -2.45. The number of carbonyl (C=O) groups excluding carboxylic acids is 2. The maximum Gasteiger partial charge on any atom is 0.326 e. The molecule has 1 saturated carbocycles. The lowest BCUT2D eigenvalue weighted by Gasteiger charge is -2.15. The highest BCUT2D eigenvalue weighted by atomic mass is 16.4. The number of primary amides is 1. The number of nitrogens with two attached hydrogens (primary N) is 1. The number of rotatable bonds is 7. The zero-order valence-corrected chi connectivity index (χ0v) is 10.1. The standard InChI is InChI=1S/C11H19N3O4/c12-9(15)5-8(11(17)18)14-10(16)6-13-7-3-1-2-4-7/h7-8,13H,1-6H2,(H2,12,15)(H,14,16)(H,17,18)/t8-/m1/s1. The van der Waals surface area contributed by atoms with Gasteiger partial charge in [-0.15, -0.1) is 0 Å². The number of carboxylic acids is 1. The highest BCUT2D eigenvalue weighted by Crippen LogP contribution is 2.17. The highest BCUT2D eigenvalue weighted by molar-refractivity contribution is 5.88. The molecule has 1 rings (SSSR count). The molecule has 0 saturated heterocycles. The molecule has 1 atom stereocenters. The van der Waals surface area contributed by atoms with Crippen LogP contribution >= 0.6 is 0 Å². The molecule has 0 aromatic carbocycles. The van der Waals surface area contributed by atoms with Crippen LogP contribution in [0.4, 0.5) is 0 Å². The first-order chi connectivity index (χ1) is 8.49. The second-order valence-corrected chi connectivity index (χ2v) is 4.49. The monoisotopic (exact) mass is 257 g/mol. The maximum atomic E-state index is 11.5. The molecule has 1 fully saturated rings. The summed E-state index contributed by atoms with van der Waals surface area (Å²) in [7, 11) is 0. The van der Waals surface area contributed by atoms with Crippen LogP contribution in [0.15, 0.2) is 0 Å². The third kappa shape index (κ3) is 5.13. The topological polar surface area (TPSA) is 122 Å². The van der Waals surface area contributed by atoms with Crippen molar-refractivity contribution in [2.75, 3.05) is 6.54 Å². The van der Waals surface area contributed by atoms with Crippen molar-refractivity contribution in [3.63, 3.8) is 0 Å². The van der Waals surface area contributed by atoms with E-state index in [0.717, 1.165) is 25.7 Å². The van der Waals surface area contributed by atoms with Crippen LogP contribution < -0.4 is 16.4 Å². The third-order valence-corrected chi connectivity index (χ3v) is 2.95. The van der Waals surface area contributed by atoms with Crippen molar-refractivity contribution in [1.82, 2.24) is 10.6 Å². The van der Waals surface area contributed by atoms with Gasteiger partial charge in [0.25, 0.3) is 0 Å². The van der Waals surface area contributed by atoms with Crippen LogP contribution in [-0.4, -0.2) is 41.5 Å². The van der Waals surface area contributed by atoms with Gasteiger partial charge in [0.1, 0.15) is 6.04 Å². The van der Waals surface area contributed by atoms with E-state index in [4.69, 9.17) is 10.8 Å². The van der Waals surface area contributed by atoms with Crippen molar-refractivity contribution in [3.8, 4) is 0 Å². The van der Waals surface area contributed by atoms with E-state index in [-0.39, 0.29) is 6.54 Å². The lowest BCUT2D eigenvalue weighted by atomic mass is 10.2. The van der Waals surface area contributed by atoms with Gasteiger partial charge >= 0.3 is 5.97 Å². The molecule has 5 N–H and O–H groups in total. The van der Waals surface area contributed by atoms with Gasteiger partial charge in [-0.25, -0.2) is 4.79 Å². The van der Waals surface area contributed by atoms with E-state index in [2.05, 4.69) is 10.6 Å². The molecule has 0 aromatic rings. The fourth-order valence-corrected chi connectivity index (χ4v) is 2.01. The third-order valence-electron chi connectivity index (χ3n) is 2.95. The van der Waals surface area contributed by atoms with Crippen LogP contribution in [0.3, 0.4) is 0 Å². The Morgan fingerprint density at radius 3 is 2.39 bits per heavy atom. The van der Waals surface area contributed by atoms with Crippen LogP contribution in [0, 0.1) is 0 Å². The Hall–Kier alpha value is -1.63. The predicted molar refractivity (Wildman–Crippen MR) is 63.6 cm³/mol. The molecule has 18 heavy (non-hydrogen) atoms. The first-order valence-electron chi connectivity index (χ1n) is 6.03. The lowest BCUT2D eigenvalue weighted by molar-refractivity contribution is -0.143. The number of nitrogens with one attached hydrogen (secondary N) is 2. The quantitative estimate of drug-likeness (QED) is 0.464. The minimum absolute atomic E-state index is 0.0627. The van der Waals surface area contributed by atoms with Gasteiger partial charge in [0, 0.05) is 6.04 Å². The van der Waals surface area contributed by atoms with Gasteiger partial charge in [0.2, 0.25) is 11.8 Å².